The third-order valence-electron chi connectivity index (χ3n) is 4.30. The Kier molecular flexibility index (Phi) is 4.60. The SMILES string of the molecule is CN(Cc1nn[nH]n1)C(=O)[C@H]1CSCN1C(=O)C1CCCC1. The summed E-state index contributed by atoms with van der Waals surface area (Å²) in [5.41, 5.74) is 0. The topological polar surface area (TPSA) is 95.1 Å². The molecular weight excluding hydrogens is 304 g/mol. The van der Waals surface area contributed by atoms with Crippen molar-refractivity contribution < 1.29 is 9.59 Å². The smallest absolute Gasteiger partial charge is 0.246 e. The van der Waals surface area contributed by atoms with Gasteiger partial charge in [0.15, 0.2) is 5.82 Å². The lowest BCUT2D eigenvalue weighted by atomic mass is 10.1. The van der Waals surface area contributed by atoms with E-state index in [-0.39, 0.29) is 23.8 Å². The number of hydrogen-bond acceptors (Lipinski definition) is 6. The van der Waals surface area contributed by atoms with Crippen LogP contribution in [0, 0.1) is 5.92 Å². The first kappa shape index (κ1) is 15.3. The molecule has 1 atom stereocenters. The zero-order valence-corrected chi connectivity index (χ0v) is 13.4. The summed E-state index contributed by atoms with van der Waals surface area (Å²) in [6.45, 7) is 0.294. The van der Waals surface area contributed by atoms with E-state index in [0.717, 1.165) is 25.7 Å². The van der Waals surface area contributed by atoms with Gasteiger partial charge in [-0.1, -0.05) is 18.1 Å². The van der Waals surface area contributed by atoms with Crippen LogP contribution in [0.15, 0.2) is 0 Å². The normalized spacial score (nSPS) is 22.2. The standard InChI is InChI=1S/C13H20N6O2S/c1-18(6-11-14-16-17-15-11)13(21)10-7-22-8-19(10)12(20)9-4-2-3-5-9/h9-10H,2-8H2,1H3,(H,14,15,16,17)/t10-/m1/s1. The molecule has 2 fully saturated rings. The molecule has 2 aliphatic rings. The summed E-state index contributed by atoms with van der Waals surface area (Å²) in [6.07, 6.45) is 4.15. The molecule has 2 amide bonds. The number of aromatic nitrogens is 4. The van der Waals surface area contributed by atoms with Crippen molar-refractivity contribution in [2.24, 2.45) is 5.92 Å². The molecule has 2 heterocycles. The van der Waals surface area contributed by atoms with Gasteiger partial charge in [0.25, 0.3) is 0 Å². The Morgan fingerprint density at radius 1 is 1.41 bits per heavy atom. The Bertz CT molecular complexity index is 531. The second-order valence-corrected chi connectivity index (χ2v) is 6.83. The zero-order chi connectivity index (χ0) is 15.5. The van der Waals surface area contributed by atoms with Gasteiger partial charge in [-0.2, -0.15) is 5.21 Å². The molecule has 0 aromatic carbocycles. The maximum Gasteiger partial charge on any atom is 0.246 e. The van der Waals surface area contributed by atoms with Gasteiger partial charge in [0.1, 0.15) is 6.04 Å². The fourth-order valence-corrected chi connectivity index (χ4v) is 4.22. The molecule has 0 spiro atoms. The summed E-state index contributed by atoms with van der Waals surface area (Å²) in [7, 11) is 1.71. The van der Waals surface area contributed by atoms with Crippen molar-refractivity contribution in [2.75, 3.05) is 18.7 Å². The molecule has 0 unspecified atom stereocenters. The number of nitrogens with one attached hydrogen (secondary N) is 1. The molecular formula is C13H20N6O2S. The van der Waals surface area contributed by atoms with E-state index in [2.05, 4.69) is 20.6 Å². The summed E-state index contributed by atoms with van der Waals surface area (Å²) in [5, 5.41) is 13.6. The highest BCUT2D eigenvalue weighted by Crippen LogP contribution is 2.31. The Morgan fingerprint density at radius 2 is 2.18 bits per heavy atom. The molecule has 0 radical (unpaired) electrons. The van der Waals surface area contributed by atoms with Crippen LogP contribution in [-0.2, 0) is 16.1 Å². The number of tetrazole rings is 1. The van der Waals surface area contributed by atoms with E-state index in [1.54, 1.807) is 28.6 Å². The molecule has 1 aliphatic carbocycles. The molecule has 22 heavy (non-hydrogen) atoms. The molecule has 120 valence electrons. The van der Waals surface area contributed by atoms with Gasteiger partial charge in [0.2, 0.25) is 11.8 Å². The fraction of sp³-hybridized carbons (Fsp3) is 0.769. The number of aromatic amines is 1. The second kappa shape index (κ2) is 6.64. The van der Waals surface area contributed by atoms with Gasteiger partial charge in [0, 0.05) is 18.7 Å². The van der Waals surface area contributed by atoms with E-state index in [0.29, 0.717) is 24.0 Å². The van der Waals surface area contributed by atoms with Crippen molar-refractivity contribution in [3.63, 3.8) is 0 Å². The lowest BCUT2D eigenvalue weighted by Gasteiger charge is -2.28. The van der Waals surface area contributed by atoms with E-state index >= 15 is 0 Å². The minimum absolute atomic E-state index is 0.0545. The third-order valence-corrected chi connectivity index (χ3v) is 5.31. The monoisotopic (exact) mass is 324 g/mol. The number of carbonyl (C=O) groups excluding carboxylic acids is 2. The van der Waals surface area contributed by atoms with Gasteiger partial charge in [-0.15, -0.1) is 22.0 Å². The second-order valence-electron chi connectivity index (χ2n) is 5.83. The van der Waals surface area contributed by atoms with E-state index in [9.17, 15) is 9.59 Å². The highest BCUT2D eigenvalue weighted by atomic mass is 32.2. The molecule has 1 saturated carbocycles. The van der Waals surface area contributed by atoms with Crippen LogP contribution in [0.1, 0.15) is 31.5 Å². The van der Waals surface area contributed by atoms with Gasteiger partial charge < -0.3 is 9.80 Å². The number of thioether (sulfide) groups is 1. The van der Waals surface area contributed by atoms with Crippen LogP contribution in [0.2, 0.25) is 0 Å². The largest absolute Gasteiger partial charge is 0.336 e. The molecule has 1 N–H and O–H groups in total. The van der Waals surface area contributed by atoms with Crippen LogP contribution < -0.4 is 0 Å². The maximum atomic E-state index is 12.6. The Labute approximate surface area is 133 Å². The first-order valence-electron chi connectivity index (χ1n) is 7.52. The molecule has 1 aromatic rings. The first-order valence-corrected chi connectivity index (χ1v) is 8.68. The molecule has 8 nitrogen and oxygen atoms in total. The van der Waals surface area contributed by atoms with Gasteiger partial charge in [-0.25, -0.2) is 0 Å². The van der Waals surface area contributed by atoms with Crippen LogP contribution >= 0.6 is 11.8 Å². The van der Waals surface area contributed by atoms with E-state index in [1.807, 2.05) is 0 Å². The van der Waals surface area contributed by atoms with Crippen LogP contribution in [0.4, 0.5) is 0 Å². The third kappa shape index (κ3) is 3.08. The number of H-pyrrole nitrogens is 1. The van der Waals surface area contributed by atoms with E-state index in [4.69, 9.17) is 0 Å². The minimum Gasteiger partial charge on any atom is -0.336 e. The summed E-state index contributed by atoms with van der Waals surface area (Å²) in [6, 6.07) is -0.366. The Morgan fingerprint density at radius 3 is 2.86 bits per heavy atom. The van der Waals surface area contributed by atoms with Gasteiger partial charge in [0.05, 0.1) is 12.4 Å². The molecule has 3 rings (SSSR count). The molecule has 1 saturated heterocycles. The molecule has 0 bridgehead atoms. The van der Waals surface area contributed by atoms with Crippen LogP contribution in [-0.4, -0.2) is 67.0 Å². The van der Waals surface area contributed by atoms with Crippen molar-refractivity contribution in [1.82, 2.24) is 30.4 Å². The van der Waals surface area contributed by atoms with Crippen LogP contribution in [0.25, 0.3) is 0 Å². The van der Waals surface area contributed by atoms with Crippen LogP contribution in [0.3, 0.4) is 0 Å². The molecule has 1 aliphatic heterocycles. The number of nitrogens with zero attached hydrogens (tertiary/aromatic N) is 5. The van der Waals surface area contributed by atoms with Crippen molar-refractivity contribution in [3.8, 4) is 0 Å². The van der Waals surface area contributed by atoms with E-state index < -0.39 is 0 Å². The van der Waals surface area contributed by atoms with Crippen molar-refractivity contribution >= 4 is 23.6 Å². The predicted molar refractivity (Wildman–Crippen MR) is 80.6 cm³/mol. The number of hydrogen-bond donors (Lipinski definition) is 1. The zero-order valence-electron chi connectivity index (χ0n) is 12.6. The number of rotatable bonds is 4. The summed E-state index contributed by atoms with van der Waals surface area (Å²) >= 11 is 1.64. The highest BCUT2D eigenvalue weighted by molar-refractivity contribution is 7.99. The predicted octanol–water partition coefficient (Wildman–Crippen LogP) is 0.250. The average molecular weight is 324 g/mol. The number of amides is 2. The lowest BCUT2D eigenvalue weighted by Crippen LogP contribution is -2.49. The van der Waals surface area contributed by atoms with Gasteiger partial charge >= 0.3 is 0 Å². The van der Waals surface area contributed by atoms with Gasteiger partial charge in [-0.05, 0) is 12.8 Å². The summed E-state index contributed by atoms with van der Waals surface area (Å²) in [4.78, 5) is 28.6. The molecule has 9 heteroatoms. The lowest BCUT2D eigenvalue weighted by molar-refractivity contribution is -0.145. The molecule has 1 aromatic heterocycles. The highest BCUT2D eigenvalue weighted by Gasteiger charge is 2.39. The average Bonchev–Trinajstić information content (AvgIpc) is 3.26. The summed E-state index contributed by atoms with van der Waals surface area (Å²) in [5.74, 6) is 1.94. The summed E-state index contributed by atoms with van der Waals surface area (Å²) < 4.78 is 0. The Hall–Kier alpha value is -1.64. The fourth-order valence-electron chi connectivity index (χ4n) is 3.07. The van der Waals surface area contributed by atoms with E-state index in [1.165, 1.54) is 0 Å². The van der Waals surface area contributed by atoms with Crippen molar-refractivity contribution in [3.05, 3.63) is 5.82 Å². The quantitative estimate of drug-likeness (QED) is 0.853. The first-order chi connectivity index (χ1) is 10.7. The number of carbonyl (C=O) groups is 2. The van der Waals surface area contributed by atoms with Crippen molar-refractivity contribution in [2.45, 2.75) is 38.3 Å². The minimum atomic E-state index is -0.366. The van der Waals surface area contributed by atoms with Crippen LogP contribution in [0.5, 0.6) is 0 Å². The Balaban J connectivity index is 1.64. The maximum absolute atomic E-state index is 12.6. The van der Waals surface area contributed by atoms with Crippen molar-refractivity contribution in [1.29, 1.82) is 0 Å². The number of likely N-dealkylation sites (N-methyl/N-ethyl adjacent to an activating group) is 1. The van der Waals surface area contributed by atoms with Gasteiger partial charge in [-0.3, -0.25) is 9.59 Å².